The van der Waals surface area contributed by atoms with E-state index in [9.17, 15) is 37.1 Å². The van der Waals surface area contributed by atoms with Crippen LogP contribution in [0.15, 0.2) is 109 Å². The highest BCUT2D eigenvalue weighted by atomic mass is 35.5. The highest BCUT2D eigenvalue weighted by Gasteiger charge is 2.52. The van der Waals surface area contributed by atoms with Gasteiger partial charge in [0.15, 0.2) is 5.60 Å². The van der Waals surface area contributed by atoms with E-state index in [-0.39, 0.29) is 6.42 Å². The largest absolute Gasteiger partial charge is 0.471 e. The van der Waals surface area contributed by atoms with Crippen molar-refractivity contribution < 1.29 is 41.9 Å². The molecule has 0 aromatic heterocycles. The van der Waals surface area contributed by atoms with Gasteiger partial charge < -0.3 is 24.8 Å². The van der Waals surface area contributed by atoms with Crippen LogP contribution in [0, 0.1) is 12.8 Å². The van der Waals surface area contributed by atoms with Gasteiger partial charge in [-0.15, -0.1) is 0 Å². The molecule has 0 bridgehead atoms. The van der Waals surface area contributed by atoms with Crippen molar-refractivity contribution in [2.45, 2.75) is 82.8 Å². The van der Waals surface area contributed by atoms with Crippen molar-refractivity contribution in [1.82, 2.24) is 20.0 Å². The maximum Gasteiger partial charge on any atom is 0.471 e. The van der Waals surface area contributed by atoms with E-state index < -0.39 is 71.3 Å². The molecule has 4 aromatic carbocycles. The number of benzene rings is 4. The van der Waals surface area contributed by atoms with Gasteiger partial charge in [-0.2, -0.15) is 13.2 Å². The number of halogens is 4. The van der Waals surface area contributed by atoms with Gasteiger partial charge in [0, 0.05) is 55.3 Å². The first kappa shape index (κ1) is 46.4. The molecule has 4 aromatic rings. The second kappa shape index (κ2) is 19.4. The summed E-state index contributed by atoms with van der Waals surface area (Å²) in [5.41, 5.74) is -0.685. The number of aryl methyl sites for hydroxylation is 1. The molecule has 1 aliphatic rings. The van der Waals surface area contributed by atoms with Crippen LogP contribution < -0.4 is 5.32 Å². The zero-order valence-electron chi connectivity index (χ0n) is 35.2. The number of hydrogen-bond acceptors (Lipinski definition) is 6. The van der Waals surface area contributed by atoms with Gasteiger partial charge in [-0.05, 0) is 44.2 Å². The highest BCUT2D eigenvalue weighted by Crippen LogP contribution is 2.44. The van der Waals surface area contributed by atoms with E-state index in [0.29, 0.717) is 58.1 Å². The number of carbonyl (C=O) groups excluding carboxylic acids is 5. The van der Waals surface area contributed by atoms with E-state index in [1.54, 1.807) is 97.6 Å². The standard InChI is InChI=1S/C47H52ClF3N4O6/c1-31(2)40(53(5)43(59)45(4,30-33-17-9-7-10-18-33)54(6)44(60)47(49,50)51)41(57)52-38(42(58)55-27-15-16-28-55)29-39(56)61-46(34-19-11-8-12-20-34,35-25-23-32(3)24-26-35)36-21-13-14-22-37(36)48/h7-14,17-26,31,38,40H,15-16,27-30H2,1-6H3,(H,52,57)/t38-,40-,45-,46?/m0/s1. The van der Waals surface area contributed by atoms with Gasteiger partial charge in [0.05, 0.1) is 6.42 Å². The Morgan fingerprint density at radius 3 is 1.89 bits per heavy atom. The maximum absolute atomic E-state index is 14.6. The van der Waals surface area contributed by atoms with Gasteiger partial charge in [-0.1, -0.05) is 134 Å². The molecule has 1 fully saturated rings. The van der Waals surface area contributed by atoms with Crippen molar-refractivity contribution in [2.24, 2.45) is 5.92 Å². The fourth-order valence-electron chi connectivity index (χ4n) is 8.03. The number of amides is 4. The van der Waals surface area contributed by atoms with E-state index in [1.807, 2.05) is 37.3 Å². The first-order chi connectivity index (χ1) is 28.8. The average Bonchev–Trinajstić information content (AvgIpc) is 3.78. The number of likely N-dealkylation sites (N-methyl/N-ethyl adjacent to an activating group) is 2. The predicted octanol–water partition coefficient (Wildman–Crippen LogP) is 7.49. The van der Waals surface area contributed by atoms with Crippen molar-refractivity contribution in [2.75, 3.05) is 27.2 Å². The third-order valence-corrected chi connectivity index (χ3v) is 11.7. The fourth-order valence-corrected chi connectivity index (χ4v) is 8.30. The molecule has 4 amide bonds. The Labute approximate surface area is 360 Å². The van der Waals surface area contributed by atoms with E-state index >= 15 is 0 Å². The molecule has 0 spiro atoms. The number of esters is 1. The van der Waals surface area contributed by atoms with Gasteiger partial charge in [0.1, 0.15) is 17.6 Å². The zero-order valence-corrected chi connectivity index (χ0v) is 35.9. The minimum Gasteiger partial charge on any atom is -0.444 e. The van der Waals surface area contributed by atoms with Gasteiger partial charge in [0.2, 0.25) is 17.7 Å². The van der Waals surface area contributed by atoms with Crippen molar-refractivity contribution in [3.05, 3.63) is 142 Å². The molecule has 0 aliphatic carbocycles. The highest BCUT2D eigenvalue weighted by molar-refractivity contribution is 6.31. The van der Waals surface area contributed by atoms with Crippen LogP contribution >= 0.6 is 11.6 Å². The molecule has 5 rings (SSSR count). The molecule has 0 radical (unpaired) electrons. The third-order valence-electron chi connectivity index (χ3n) is 11.3. The van der Waals surface area contributed by atoms with Crippen LogP contribution in [0.25, 0.3) is 0 Å². The molecule has 1 heterocycles. The second-order valence-electron chi connectivity index (χ2n) is 16.1. The summed E-state index contributed by atoms with van der Waals surface area (Å²) in [6.45, 7) is 7.20. The molecule has 1 N–H and O–H groups in total. The number of alkyl halides is 3. The quantitative estimate of drug-likeness (QED) is 0.0980. The SMILES string of the molecule is Cc1ccc(C(OC(=O)C[C@H](NC(=O)[C@H](C(C)C)N(C)C(=O)[C@](C)(Cc2ccccc2)N(C)C(=O)C(F)(F)F)C(=O)N2CCCC2)(c2ccccc2)c2ccccc2Cl)cc1. The van der Waals surface area contributed by atoms with E-state index in [1.165, 1.54) is 14.0 Å². The summed E-state index contributed by atoms with van der Waals surface area (Å²) >= 11 is 6.87. The third kappa shape index (κ3) is 10.3. The summed E-state index contributed by atoms with van der Waals surface area (Å²) in [6, 6.07) is 28.8. The van der Waals surface area contributed by atoms with Gasteiger partial charge in [0.25, 0.3) is 0 Å². The number of carbonyl (C=O) groups is 5. The smallest absolute Gasteiger partial charge is 0.444 e. The van der Waals surface area contributed by atoms with Crippen LogP contribution in [0.3, 0.4) is 0 Å². The lowest BCUT2D eigenvalue weighted by Crippen LogP contribution is -2.65. The summed E-state index contributed by atoms with van der Waals surface area (Å²) in [7, 11) is 2.17. The van der Waals surface area contributed by atoms with Crippen molar-refractivity contribution in [3.63, 3.8) is 0 Å². The van der Waals surface area contributed by atoms with Crippen molar-refractivity contribution >= 4 is 41.2 Å². The van der Waals surface area contributed by atoms with Crippen molar-refractivity contribution in [3.8, 4) is 0 Å². The molecular weight excluding hydrogens is 809 g/mol. The Hall–Kier alpha value is -5.69. The average molecular weight is 861 g/mol. The van der Waals surface area contributed by atoms with E-state index in [4.69, 9.17) is 16.3 Å². The molecule has 61 heavy (non-hydrogen) atoms. The van der Waals surface area contributed by atoms with Crippen LogP contribution in [0.1, 0.15) is 67.9 Å². The Kier molecular flexibility index (Phi) is 14.7. The number of rotatable bonds is 15. The summed E-state index contributed by atoms with van der Waals surface area (Å²) < 4.78 is 48.2. The fraction of sp³-hybridized carbons (Fsp3) is 0.383. The first-order valence-corrected chi connectivity index (χ1v) is 20.5. The molecule has 1 aliphatic heterocycles. The summed E-state index contributed by atoms with van der Waals surface area (Å²) in [6.07, 6.45) is -4.79. The lowest BCUT2D eigenvalue weighted by molar-refractivity contribution is -0.191. The Morgan fingerprint density at radius 1 is 0.787 bits per heavy atom. The number of likely N-dealkylation sites (tertiary alicyclic amines) is 1. The number of nitrogens with one attached hydrogen (secondary N) is 1. The van der Waals surface area contributed by atoms with E-state index in [0.717, 1.165) is 17.5 Å². The number of hydrogen-bond donors (Lipinski definition) is 1. The van der Waals surface area contributed by atoms with Crippen LogP contribution in [0.4, 0.5) is 13.2 Å². The number of nitrogens with zero attached hydrogens (tertiary/aromatic N) is 3. The van der Waals surface area contributed by atoms with Crippen LogP contribution in [-0.4, -0.2) is 95.3 Å². The molecule has 1 unspecified atom stereocenters. The second-order valence-corrected chi connectivity index (χ2v) is 16.5. The molecule has 10 nitrogen and oxygen atoms in total. The molecule has 1 saturated heterocycles. The van der Waals surface area contributed by atoms with E-state index in [2.05, 4.69) is 5.32 Å². The van der Waals surface area contributed by atoms with Crippen LogP contribution in [0.2, 0.25) is 5.02 Å². The summed E-state index contributed by atoms with van der Waals surface area (Å²) in [5, 5.41) is 3.04. The maximum atomic E-state index is 14.6. The lowest BCUT2D eigenvalue weighted by atomic mass is 9.79. The van der Waals surface area contributed by atoms with Crippen LogP contribution in [0.5, 0.6) is 0 Å². The summed E-state index contributed by atoms with van der Waals surface area (Å²) in [5.74, 6) is -6.06. The van der Waals surface area contributed by atoms with Gasteiger partial charge in [-0.3, -0.25) is 24.0 Å². The normalized spacial score (nSPS) is 15.8. The topological polar surface area (TPSA) is 116 Å². The predicted molar refractivity (Wildman–Crippen MR) is 226 cm³/mol. The van der Waals surface area contributed by atoms with Gasteiger partial charge >= 0.3 is 18.1 Å². The minimum atomic E-state index is -5.29. The molecular formula is C47H52ClF3N4O6. The first-order valence-electron chi connectivity index (χ1n) is 20.2. The summed E-state index contributed by atoms with van der Waals surface area (Å²) in [4.78, 5) is 73.4. The Bertz CT molecular complexity index is 2180. The Morgan fingerprint density at radius 2 is 1.33 bits per heavy atom. The molecule has 4 atom stereocenters. The zero-order chi connectivity index (χ0) is 44.7. The van der Waals surface area contributed by atoms with Crippen LogP contribution in [-0.2, 0) is 40.7 Å². The lowest BCUT2D eigenvalue weighted by Gasteiger charge is -2.43. The van der Waals surface area contributed by atoms with Gasteiger partial charge in [-0.25, -0.2) is 0 Å². The number of ether oxygens (including phenoxy) is 1. The molecule has 0 saturated carbocycles. The minimum absolute atomic E-state index is 0.306. The van der Waals surface area contributed by atoms with Crippen molar-refractivity contribution in [1.29, 1.82) is 0 Å². The molecule has 324 valence electrons. The molecule has 14 heteroatoms. The Balaban J connectivity index is 1.52. The monoisotopic (exact) mass is 860 g/mol.